The van der Waals surface area contributed by atoms with E-state index in [1.807, 2.05) is 30.3 Å². The van der Waals surface area contributed by atoms with Crippen molar-refractivity contribution in [3.63, 3.8) is 0 Å². The number of rotatable bonds is 3. The van der Waals surface area contributed by atoms with E-state index in [4.69, 9.17) is 4.43 Å². The molecule has 55 valence electrons. The summed E-state index contributed by atoms with van der Waals surface area (Å²) in [6.07, 6.45) is 1.82. The highest BCUT2D eigenvalue weighted by atomic mass is 28.2. The fourth-order valence-corrected chi connectivity index (χ4v) is 1.10. The zero-order chi connectivity index (χ0) is 8.10. The van der Waals surface area contributed by atoms with E-state index in [0.717, 1.165) is 11.1 Å². The molecular weight excluding hydrogens is 152 g/mol. The molecule has 1 aromatic rings. The fourth-order valence-electron chi connectivity index (χ4n) is 0.943. The molecule has 0 aliphatic heterocycles. The second-order valence-electron chi connectivity index (χ2n) is 2.19. The Morgan fingerprint density at radius 2 is 2.18 bits per heavy atom. The van der Waals surface area contributed by atoms with Gasteiger partial charge in [0, 0.05) is 0 Å². The number of benzene rings is 1. The first-order valence-electron chi connectivity index (χ1n) is 3.37. The summed E-state index contributed by atoms with van der Waals surface area (Å²) in [6, 6.07) is 7.98. The molecule has 0 aliphatic rings. The van der Waals surface area contributed by atoms with Crippen molar-refractivity contribution in [2.24, 2.45) is 0 Å². The van der Waals surface area contributed by atoms with Crippen LogP contribution in [0.5, 0.6) is 0 Å². The van der Waals surface area contributed by atoms with Gasteiger partial charge in [0.15, 0.2) is 0 Å². The first-order valence-corrected chi connectivity index (χ1v) is 3.78. The second kappa shape index (κ2) is 4.11. The average molecular weight is 161 g/mol. The smallest absolute Gasteiger partial charge is 0.246 e. The van der Waals surface area contributed by atoms with Crippen LogP contribution in [0.25, 0.3) is 6.08 Å². The molecule has 2 heteroatoms. The van der Waals surface area contributed by atoms with Crippen LogP contribution in [0, 0.1) is 0 Å². The zero-order valence-corrected chi connectivity index (χ0v) is 7.21. The maximum absolute atomic E-state index is 4.83. The van der Waals surface area contributed by atoms with Crippen molar-refractivity contribution in [2.75, 3.05) is 0 Å². The maximum Gasteiger partial charge on any atom is 0.246 e. The van der Waals surface area contributed by atoms with Crippen LogP contribution in [0.1, 0.15) is 11.1 Å². The lowest BCUT2D eigenvalue weighted by Crippen LogP contribution is -1.90. The van der Waals surface area contributed by atoms with Gasteiger partial charge in [-0.3, -0.25) is 0 Å². The van der Waals surface area contributed by atoms with E-state index in [0.29, 0.717) is 6.61 Å². The predicted molar refractivity (Wildman–Crippen MR) is 47.1 cm³/mol. The summed E-state index contributed by atoms with van der Waals surface area (Å²) >= 11 is 0. The van der Waals surface area contributed by atoms with E-state index in [-0.39, 0.29) is 0 Å². The molecule has 1 aromatic carbocycles. The highest BCUT2D eigenvalue weighted by molar-refractivity contribution is 5.97. The third-order valence-electron chi connectivity index (χ3n) is 1.50. The lowest BCUT2D eigenvalue weighted by Gasteiger charge is -2.02. The highest BCUT2D eigenvalue weighted by Gasteiger charge is 1.94. The lowest BCUT2D eigenvalue weighted by molar-refractivity contribution is 0.338. The summed E-state index contributed by atoms with van der Waals surface area (Å²) in [6.45, 7) is 4.27. The van der Waals surface area contributed by atoms with Gasteiger partial charge < -0.3 is 4.43 Å². The molecule has 0 amide bonds. The van der Waals surface area contributed by atoms with E-state index in [2.05, 4.69) is 17.1 Å². The van der Waals surface area contributed by atoms with Crippen LogP contribution in [-0.4, -0.2) is 10.5 Å². The standard InChI is InChI=1S/C9H9OSi/c1-2-8-5-3-4-6-9(8)7-10-11/h2-6H,1,7H2. The van der Waals surface area contributed by atoms with Crippen molar-refractivity contribution in [1.29, 1.82) is 0 Å². The Kier molecular flexibility index (Phi) is 3.07. The van der Waals surface area contributed by atoms with Crippen LogP contribution in [-0.2, 0) is 11.0 Å². The van der Waals surface area contributed by atoms with E-state index in [9.17, 15) is 0 Å². The van der Waals surface area contributed by atoms with Crippen molar-refractivity contribution in [3.8, 4) is 0 Å². The molecule has 0 spiro atoms. The molecule has 0 atom stereocenters. The SMILES string of the molecule is C=Cc1ccccc1CO[Si]. The normalized spacial score (nSPS) is 9.55. The molecule has 0 aliphatic carbocycles. The monoisotopic (exact) mass is 161 g/mol. The Hall–Kier alpha value is -0.863. The third kappa shape index (κ3) is 2.03. The molecule has 0 fully saturated rings. The first-order chi connectivity index (χ1) is 5.38. The van der Waals surface area contributed by atoms with Crippen molar-refractivity contribution < 1.29 is 4.43 Å². The zero-order valence-electron chi connectivity index (χ0n) is 6.21. The molecule has 3 radical (unpaired) electrons. The molecule has 1 nitrogen and oxygen atoms in total. The topological polar surface area (TPSA) is 9.23 Å². The van der Waals surface area contributed by atoms with Gasteiger partial charge in [-0.15, -0.1) is 0 Å². The van der Waals surface area contributed by atoms with Gasteiger partial charge in [-0.2, -0.15) is 0 Å². The molecule has 0 saturated carbocycles. The summed E-state index contributed by atoms with van der Waals surface area (Å²) in [7, 11) is 2.96. The van der Waals surface area contributed by atoms with Gasteiger partial charge in [-0.1, -0.05) is 36.9 Å². The lowest BCUT2D eigenvalue weighted by atomic mass is 10.1. The quantitative estimate of drug-likeness (QED) is 0.615. The predicted octanol–water partition coefficient (Wildman–Crippen LogP) is 1.93. The number of hydrogen-bond donors (Lipinski definition) is 0. The molecule has 0 heterocycles. The summed E-state index contributed by atoms with van der Waals surface area (Å²) in [5.74, 6) is 0. The van der Waals surface area contributed by atoms with E-state index >= 15 is 0 Å². The van der Waals surface area contributed by atoms with Gasteiger partial charge in [-0.05, 0) is 11.1 Å². The molecule has 0 saturated heterocycles. The Morgan fingerprint density at radius 1 is 1.45 bits per heavy atom. The molecule has 0 N–H and O–H groups in total. The summed E-state index contributed by atoms with van der Waals surface area (Å²) in [5.41, 5.74) is 2.25. The van der Waals surface area contributed by atoms with Gasteiger partial charge in [0.1, 0.15) is 0 Å². The van der Waals surface area contributed by atoms with Gasteiger partial charge in [0.05, 0.1) is 6.61 Å². The molecule has 0 unspecified atom stereocenters. The Labute approximate surface area is 70.2 Å². The van der Waals surface area contributed by atoms with Crippen LogP contribution in [0.4, 0.5) is 0 Å². The highest BCUT2D eigenvalue weighted by Crippen LogP contribution is 2.10. The number of hydrogen-bond acceptors (Lipinski definition) is 1. The summed E-state index contributed by atoms with van der Waals surface area (Å²) < 4.78 is 4.83. The van der Waals surface area contributed by atoms with Crippen LogP contribution >= 0.6 is 0 Å². The van der Waals surface area contributed by atoms with Gasteiger partial charge in [0.2, 0.25) is 10.5 Å². The second-order valence-corrected chi connectivity index (χ2v) is 2.48. The minimum Gasteiger partial charge on any atom is -0.414 e. The Bertz CT molecular complexity index is 245. The first kappa shape index (κ1) is 8.24. The van der Waals surface area contributed by atoms with Gasteiger partial charge in [0.25, 0.3) is 0 Å². The van der Waals surface area contributed by atoms with Crippen molar-refractivity contribution >= 4 is 16.6 Å². The van der Waals surface area contributed by atoms with Crippen molar-refractivity contribution in [1.82, 2.24) is 0 Å². The Balaban J connectivity index is 2.92. The molecule has 0 aromatic heterocycles. The Morgan fingerprint density at radius 3 is 2.82 bits per heavy atom. The minimum absolute atomic E-state index is 0.569. The van der Waals surface area contributed by atoms with E-state index in [1.54, 1.807) is 0 Å². The van der Waals surface area contributed by atoms with E-state index < -0.39 is 0 Å². The van der Waals surface area contributed by atoms with Crippen LogP contribution in [0.15, 0.2) is 30.8 Å². The molecule has 0 bridgehead atoms. The largest absolute Gasteiger partial charge is 0.414 e. The minimum atomic E-state index is 0.569. The van der Waals surface area contributed by atoms with Crippen LogP contribution in [0.3, 0.4) is 0 Å². The molecule has 11 heavy (non-hydrogen) atoms. The maximum atomic E-state index is 4.83. The van der Waals surface area contributed by atoms with Crippen LogP contribution in [0.2, 0.25) is 0 Å². The molecular formula is C9H9OSi. The van der Waals surface area contributed by atoms with Gasteiger partial charge >= 0.3 is 0 Å². The summed E-state index contributed by atoms with van der Waals surface area (Å²) in [4.78, 5) is 0. The third-order valence-corrected chi connectivity index (χ3v) is 1.65. The summed E-state index contributed by atoms with van der Waals surface area (Å²) in [5, 5.41) is 0. The fraction of sp³-hybridized carbons (Fsp3) is 0.111. The van der Waals surface area contributed by atoms with Crippen molar-refractivity contribution in [2.45, 2.75) is 6.61 Å². The average Bonchev–Trinajstić information content (AvgIpc) is 2.06. The molecule has 1 rings (SSSR count). The van der Waals surface area contributed by atoms with Crippen LogP contribution < -0.4 is 0 Å². The van der Waals surface area contributed by atoms with E-state index in [1.165, 1.54) is 0 Å². The van der Waals surface area contributed by atoms with Crippen molar-refractivity contribution in [3.05, 3.63) is 42.0 Å². The van der Waals surface area contributed by atoms with Gasteiger partial charge in [-0.25, -0.2) is 0 Å².